The Morgan fingerprint density at radius 3 is 2.15 bits per heavy atom. The van der Waals surface area contributed by atoms with Gasteiger partial charge in [0, 0.05) is 5.56 Å². The van der Waals surface area contributed by atoms with Crippen molar-refractivity contribution < 1.29 is 19.0 Å². The van der Waals surface area contributed by atoms with Gasteiger partial charge in [0.25, 0.3) is 0 Å². The number of ether oxygens (including phenoxy) is 3. The highest BCUT2D eigenvalue weighted by atomic mass is 16.6. The molecule has 6 nitrogen and oxygen atoms in total. The predicted octanol–water partition coefficient (Wildman–Crippen LogP) is 7.18. The van der Waals surface area contributed by atoms with Crippen LogP contribution < -0.4 is 9.47 Å². The molecule has 0 saturated carbocycles. The Morgan fingerprint density at radius 1 is 0.879 bits per heavy atom. The lowest BCUT2D eigenvalue weighted by Gasteiger charge is -2.30. The Labute approximate surface area is 197 Å². The van der Waals surface area contributed by atoms with Crippen molar-refractivity contribution in [1.29, 1.82) is 5.39 Å². The zero-order valence-corrected chi connectivity index (χ0v) is 21.0. The highest BCUT2D eigenvalue weighted by Crippen LogP contribution is 2.38. The summed E-state index contributed by atoms with van der Waals surface area (Å²) < 4.78 is 16.8. The van der Waals surface area contributed by atoms with Gasteiger partial charge in [0.15, 0.2) is 4.98 Å². The van der Waals surface area contributed by atoms with Gasteiger partial charge >= 0.3 is 11.7 Å². The molecule has 0 aliphatic carbocycles. The van der Waals surface area contributed by atoms with Crippen LogP contribution in [0.5, 0.6) is 11.5 Å². The van der Waals surface area contributed by atoms with Crippen molar-refractivity contribution in [3.05, 3.63) is 58.1 Å². The monoisotopic (exact) mass is 453 g/mol. The Morgan fingerprint density at radius 2 is 1.55 bits per heavy atom. The molecule has 2 aromatic carbocycles. The second-order valence-corrected chi connectivity index (χ2v) is 9.39. The summed E-state index contributed by atoms with van der Waals surface area (Å²) in [5.74, 6) is 0.706. The molecular weight excluding hydrogens is 416 g/mol. The van der Waals surface area contributed by atoms with Crippen molar-refractivity contribution in [1.82, 2.24) is 0 Å². The quantitative estimate of drug-likeness (QED) is 0.205. The molecule has 0 aliphatic heterocycles. The van der Waals surface area contributed by atoms with E-state index in [4.69, 9.17) is 19.6 Å². The molecule has 0 aromatic heterocycles. The lowest BCUT2D eigenvalue weighted by atomic mass is 9.76. The minimum absolute atomic E-state index is 0.0433. The smallest absolute Gasteiger partial charge is 0.427 e. The van der Waals surface area contributed by atoms with Gasteiger partial charge in [-0.25, -0.2) is 4.79 Å². The zero-order chi connectivity index (χ0) is 24.6. The lowest BCUT2D eigenvalue weighted by molar-refractivity contribution is 0.0449. The van der Waals surface area contributed by atoms with Crippen LogP contribution in [0.2, 0.25) is 0 Å². The van der Waals surface area contributed by atoms with Gasteiger partial charge in [-0.1, -0.05) is 53.7 Å². The molecule has 0 atom stereocenters. The van der Waals surface area contributed by atoms with E-state index in [0.29, 0.717) is 12.4 Å². The van der Waals surface area contributed by atoms with Crippen LogP contribution in [-0.2, 0) is 15.6 Å². The average molecular weight is 454 g/mol. The molecule has 0 amide bonds. The Balaban J connectivity index is 2.08. The van der Waals surface area contributed by atoms with Crippen molar-refractivity contribution in [2.45, 2.75) is 72.1 Å². The van der Waals surface area contributed by atoms with Crippen LogP contribution in [0.15, 0.2) is 36.4 Å². The fourth-order valence-electron chi connectivity index (χ4n) is 3.37. The van der Waals surface area contributed by atoms with Gasteiger partial charge in [0.05, 0.1) is 18.2 Å². The molecule has 2 rings (SSSR count). The van der Waals surface area contributed by atoms with Gasteiger partial charge in [0.1, 0.15) is 19.0 Å². The fraction of sp³-hybridized carbons (Fsp3) is 0.519. The number of rotatable bonds is 11. The summed E-state index contributed by atoms with van der Waals surface area (Å²) in [7, 11) is 0. The van der Waals surface area contributed by atoms with E-state index in [9.17, 15) is 4.79 Å². The van der Waals surface area contributed by atoms with E-state index >= 15 is 0 Å². The van der Waals surface area contributed by atoms with Crippen LogP contribution in [0, 0.1) is 5.39 Å². The summed E-state index contributed by atoms with van der Waals surface area (Å²) in [6.45, 7) is 15.9. The number of hydrogen-bond acceptors (Lipinski definition) is 5. The molecule has 6 heteroatoms. The molecule has 0 unspecified atom stereocenters. The number of hydrogen-bond donors (Lipinski definition) is 0. The molecule has 0 saturated heterocycles. The number of benzene rings is 2. The van der Waals surface area contributed by atoms with Gasteiger partial charge in [0.2, 0.25) is 11.1 Å². The van der Waals surface area contributed by atoms with E-state index in [0.717, 1.165) is 24.2 Å². The SMILES string of the molecule is CCOc1ccc(C(=O)OCCOc2ccc(C(C)(C)CC)cc2C(C)(C)CC)cc1[N+]#N. The third kappa shape index (κ3) is 6.47. The van der Waals surface area contributed by atoms with E-state index in [1.54, 1.807) is 12.1 Å². The van der Waals surface area contributed by atoms with Crippen molar-refractivity contribution in [2.24, 2.45) is 0 Å². The summed E-state index contributed by atoms with van der Waals surface area (Å²) in [6, 6.07) is 11.0. The number of nitrogens with zero attached hydrogens (tertiary/aromatic N) is 2. The van der Waals surface area contributed by atoms with Crippen molar-refractivity contribution >= 4 is 11.7 Å². The minimum atomic E-state index is -0.513. The maximum absolute atomic E-state index is 12.4. The van der Waals surface area contributed by atoms with Crippen molar-refractivity contribution in [2.75, 3.05) is 19.8 Å². The van der Waals surface area contributed by atoms with Crippen molar-refractivity contribution in [3.63, 3.8) is 0 Å². The number of carbonyl (C=O) groups is 1. The van der Waals surface area contributed by atoms with E-state index in [1.807, 2.05) is 13.0 Å². The second kappa shape index (κ2) is 11.2. The van der Waals surface area contributed by atoms with E-state index < -0.39 is 5.97 Å². The highest BCUT2D eigenvalue weighted by molar-refractivity contribution is 5.91. The van der Waals surface area contributed by atoms with Crippen LogP contribution in [0.4, 0.5) is 5.69 Å². The van der Waals surface area contributed by atoms with Gasteiger partial charge in [-0.15, -0.1) is 0 Å². The lowest BCUT2D eigenvalue weighted by Crippen LogP contribution is -2.22. The highest BCUT2D eigenvalue weighted by Gasteiger charge is 2.26. The van der Waals surface area contributed by atoms with Crippen LogP contribution in [0.25, 0.3) is 4.98 Å². The molecule has 0 aliphatic rings. The van der Waals surface area contributed by atoms with Crippen LogP contribution in [0.1, 0.15) is 82.8 Å². The summed E-state index contributed by atoms with van der Waals surface area (Å²) in [5.41, 5.74) is 2.97. The summed E-state index contributed by atoms with van der Waals surface area (Å²) in [5, 5.41) is 9.16. The number of esters is 1. The molecule has 0 bridgehead atoms. The second-order valence-electron chi connectivity index (χ2n) is 9.39. The third-order valence-electron chi connectivity index (χ3n) is 6.43. The Hall–Kier alpha value is -3.07. The van der Waals surface area contributed by atoms with Gasteiger partial charge < -0.3 is 14.2 Å². The van der Waals surface area contributed by atoms with Crippen LogP contribution in [-0.4, -0.2) is 25.8 Å². The topological polar surface area (TPSA) is 72.9 Å². The Bertz CT molecular complexity index is 1010. The molecule has 178 valence electrons. The molecule has 2 aromatic rings. The molecule has 0 N–H and O–H groups in total. The van der Waals surface area contributed by atoms with Gasteiger partial charge in [-0.3, -0.25) is 0 Å². The first kappa shape index (κ1) is 26.2. The molecular formula is C27H37N2O4+. The van der Waals surface area contributed by atoms with Gasteiger partial charge in [-0.2, -0.15) is 0 Å². The van der Waals surface area contributed by atoms with Gasteiger partial charge in [-0.05, 0) is 54.4 Å². The predicted molar refractivity (Wildman–Crippen MR) is 131 cm³/mol. The number of diazo groups is 1. The number of carbonyl (C=O) groups excluding carboxylic acids is 1. The standard InChI is InChI=1S/C27H37N2O4/c1-8-26(4,5)20-12-14-23(21(18-20)27(6,7)9-2)32-15-16-33-25(30)19-11-13-24(31-10-3)22(17-19)29-28/h11-14,17-18H,8-10,15-16H2,1-7H3/q+1. The summed E-state index contributed by atoms with van der Waals surface area (Å²) in [4.78, 5) is 15.6. The average Bonchev–Trinajstić information content (AvgIpc) is 2.81. The molecule has 0 radical (unpaired) electrons. The third-order valence-corrected chi connectivity index (χ3v) is 6.43. The normalized spacial score (nSPS) is 11.6. The first-order chi connectivity index (χ1) is 15.6. The minimum Gasteiger partial charge on any atom is -0.490 e. The molecule has 0 fully saturated rings. The van der Waals surface area contributed by atoms with E-state index in [2.05, 4.69) is 58.7 Å². The van der Waals surface area contributed by atoms with Crippen LogP contribution in [0.3, 0.4) is 0 Å². The Kier molecular flexibility index (Phi) is 8.87. The van der Waals surface area contributed by atoms with Crippen LogP contribution >= 0.6 is 0 Å². The first-order valence-electron chi connectivity index (χ1n) is 11.7. The molecule has 0 spiro atoms. The maximum atomic E-state index is 12.4. The fourth-order valence-corrected chi connectivity index (χ4v) is 3.37. The summed E-state index contributed by atoms with van der Waals surface area (Å²) >= 11 is 0. The maximum Gasteiger partial charge on any atom is 0.427 e. The van der Waals surface area contributed by atoms with E-state index in [-0.39, 0.29) is 35.3 Å². The first-order valence-corrected chi connectivity index (χ1v) is 11.7. The largest absolute Gasteiger partial charge is 0.490 e. The summed E-state index contributed by atoms with van der Waals surface area (Å²) in [6.07, 6.45) is 2.02. The molecule has 0 heterocycles. The zero-order valence-electron chi connectivity index (χ0n) is 21.0. The van der Waals surface area contributed by atoms with Crippen molar-refractivity contribution in [3.8, 4) is 11.5 Å². The molecule has 33 heavy (non-hydrogen) atoms. The van der Waals surface area contributed by atoms with E-state index in [1.165, 1.54) is 11.6 Å².